The Morgan fingerprint density at radius 2 is 2.12 bits per heavy atom. The fourth-order valence-corrected chi connectivity index (χ4v) is 2.46. The zero-order valence-corrected chi connectivity index (χ0v) is 11.1. The van der Waals surface area contributed by atoms with Crippen molar-refractivity contribution in [1.82, 2.24) is 0 Å². The molecule has 0 amide bonds. The first-order chi connectivity index (χ1) is 8.10. The number of nitro groups is 1. The summed E-state index contributed by atoms with van der Waals surface area (Å²) in [6, 6.07) is 7.33. The Morgan fingerprint density at radius 1 is 1.47 bits per heavy atom. The Labute approximate surface area is 108 Å². The molecule has 92 valence electrons. The molecule has 0 aliphatic rings. The average Bonchev–Trinajstić information content (AvgIpc) is 2.29. The van der Waals surface area contributed by atoms with E-state index >= 15 is 0 Å². The van der Waals surface area contributed by atoms with Gasteiger partial charge in [-0.3, -0.25) is 10.1 Å². The van der Waals surface area contributed by atoms with E-state index in [1.807, 2.05) is 31.2 Å². The summed E-state index contributed by atoms with van der Waals surface area (Å²) < 4.78 is 0.812. The number of benzene rings is 1. The standard InChI is InChI=1S/C12H14BrNO3/c1-2-9(8-15)11(7-14(16)17)10-5-3-4-6-12(10)13/h3-6,8-9,11H,2,7H2,1H3/t9-,11-/m0/s1. The summed E-state index contributed by atoms with van der Waals surface area (Å²) in [5, 5.41) is 10.7. The van der Waals surface area contributed by atoms with Gasteiger partial charge >= 0.3 is 0 Å². The third-order valence-corrected chi connectivity index (χ3v) is 3.54. The minimum Gasteiger partial charge on any atom is -0.303 e. The Morgan fingerprint density at radius 3 is 2.59 bits per heavy atom. The third kappa shape index (κ3) is 3.63. The minimum absolute atomic E-state index is 0.222. The molecule has 0 N–H and O–H groups in total. The van der Waals surface area contributed by atoms with Crippen LogP contribution in [-0.2, 0) is 4.79 Å². The number of hydrogen-bond acceptors (Lipinski definition) is 3. The number of carbonyl (C=O) groups is 1. The van der Waals surface area contributed by atoms with E-state index < -0.39 is 0 Å². The molecule has 0 bridgehead atoms. The summed E-state index contributed by atoms with van der Waals surface area (Å²) in [7, 11) is 0. The molecule has 0 fully saturated rings. The monoisotopic (exact) mass is 299 g/mol. The van der Waals surface area contributed by atoms with Crippen LogP contribution in [0.15, 0.2) is 28.7 Å². The molecule has 0 aromatic heterocycles. The number of halogens is 1. The van der Waals surface area contributed by atoms with Gasteiger partial charge in [0, 0.05) is 15.3 Å². The van der Waals surface area contributed by atoms with Gasteiger partial charge in [-0.2, -0.15) is 0 Å². The topological polar surface area (TPSA) is 60.2 Å². The van der Waals surface area contributed by atoms with E-state index in [1.54, 1.807) is 0 Å². The van der Waals surface area contributed by atoms with E-state index in [9.17, 15) is 14.9 Å². The molecular formula is C12H14BrNO3. The number of nitrogens with zero attached hydrogens (tertiary/aromatic N) is 1. The van der Waals surface area contributed by atoms with Crippen molar-refractivity contribution in [3.8, 4) is 0 Å². The molecule has 5 heteroatoms. The van der Waals surface area contributed by atoms with Crippen LogP contribution in [0, 0.1) is 16.0 Å². The predicted molar refractivity (Wildman–Crippen MR) is 68.6 cm³/mol. The van der Waals surface area contributed by atoms with Crippen LogP contribution >= 0.6 is 15.9 Å². The van der Waals surface area contributed by atoms with Crippen molar-refractivity contribution in [2.24, 2.45) is 5.92 Å². The van der Waals surface area contributed by atoms with Crippen LogP contribution in [0.25, 0.3) is 0 Å². The predicted octanol–water partition coefficient (Wildman–Crippen LogP) is 3.03. The van der Waals surface area contributed by atoms with Crippen LogP contribution in [0.4, 0.5) is 0 Å². The van der Waals surface area contributed by atoms with Crippen molar-refractivity contribution < 1.29 is 9.72 Å². The molecule has 0 saturated heterocycles. The van der Waals surface area contributed by atoms with Crippen molar-refractivity contribution in [2.45, 2.75) is 19.3 Å². The van der Waals surface area contributed by atoms with E-state index in [0.29, 0.717) is 6.42 Å². The minimum atomic E-state index is -0.372. The molecule has 1 aromatic rings. The van der Waals surface area contributed by atoms with Gasteiger partial charge in [-0.1, -0.05) is 41.1 Å². The lowest BCUT2D eigenvalue weighted by Crippen LogP contribution is -2.22. The smallest absolute Gasteiger partial charge is 0.211 e. The Hall–Kier alpha value is -1.23. The normalized spacial score (nSPS) is 14.0. The molecule has 0 radical (unpaired) electrons. The lowest BCUT2D eigenvalue weighted by atomic mass is 9.85. The second kappa shape index (κ2) is 6.49. The van der Waals surface area contributed by atoms with Gasteiger partial charge in [-0.25, -0.2) is 0 Å². The zero-order chi connectivity index (χ0) is 12.8. The van der Waals surface area contributed by atoms with Crippen LogP contribution in [0.1, 0.15) is 24.8 Å². The van der Waals surface area contributed by atoms with Crippen LogP contribution in [0.2, 0.25) is 0 Å². The van der Waals surface area contributed by atoms with Crippen LogP contribution in [0.5, 0.6) is 0 Å². The largest absolute Gasteiger partial charge is 0.303 e. The first kappa shape index (κ1) is 13.8. The number of hydrogen-bond donors (Lipinski definition) is 0. The van der Waals surface area contributed by atoms with Crippen molar-refractivity contribution in [2.75, 3.05) is 6.54 Å². The maximum Gasteiger partial charge on any atom is 0.211 e. The van der Waals surface area contributed by atoms with Gasteiger partial charge in [0.15, 0.2) is 0 Å². The highest BCUT2D eigenvalue weighted by molar-refractivity contribution is 9.10. The molecule has 2 atom stereocenters. The van der Waals surface area contributed by atoms with E-state index in [4.69, 9.17) is 0 Å². The van der Waals surface area contributed by atoms with Gasteiger partial charge in [-0.15, -0.1) is 0 Å². The second-order valence-electron chi connectivity index (χ2n) is 3.85. The Balaban J connectivity index is 3.09. The molecule has 0 aliphatic carbocycles. The van der Waals surface area contributed by atoms with Gasteiger partial charge in [0.1, 0.15) is 6.29 Å². The van der Waals surface area contributed by atoms with Crippen LogP contribution < -0.4 is 0 Å². The van der Waals surface area contributed by atoms with Gasteiger partial charge in [0.05, 0.1) is 5.92 Å². The molecule has 17 heavy (non-hydrogen) atoms. The van der Waals surface area contributed by atoms with Gasteiger partial charge in [0.25, 0.3) is 0 Å². The fraction of sp³-hybridized carbons (Fsp3) is 0.417. The summed E-state index contributed by atoms with van der Waals surface area (Å²) in [5.41, 5.74) is 0.822. The third-order valence-electron chi connectivity index (χ3n) is 2.81. The average molecular weight is 300 g/mol. The summed E-state index contributed by atoms with van der Waals surface area (Å²) in [6.45, 7) is 1.64. The number of carbonyl (C=O) groups excluding carboxylic acids is 1. The number of rotatable bonds is 6. The first-order valence-corrected chi connectivity index (χ1v) is 6.21. The summed E-state index contributed by atoms with van der Waals surface area (Å²) in [4.78, 5) is 21.3. The molecule has 1 rings (SSSR count). The van der Waals surface area contributed by atoms with Gasteiger partial charge in [0.2, 0.25) is 6.54 Å². The SMILES string of the molecule is CC[C@@H](C=O)[C@H](C[N+](=O)[O-])c1ccccc1Br. The molecule has 0 heterocycles. The maximum atomic E-state index is 11.0. The van der Waals surface area contributed by atoms with Crippen molar-refractivity contribution in [3.63, 3.8) is 0 Å². The molecule has 0 aliphatic heterocycles. The lowest BCUT2D eigenvalue weighted by molar-refractivity contribution is -0.484. The quantitative estimate of drug-likeness (QED) is 0.461. The van der Waals surface area contributed by atoms with E-state index in [2.05, 4.69) is 15.9 Å². The second-order valence-corrected chi connectivity index (χ2v) is 4.71. The number of aldehydes is 1. The maximum absolute atomic E-state index is 11.0. The molecular weight excluding hydrogens is 286 g/mol. The van der Waals surface area contributed by atoms with E-state index in [0.717, 1.165) is 16.3 Å². The van der Waals surface area contributed by atoms with Crippen molar-refractivity contribution in [3.05, 3.63) is 44.4 Å². The van der Waals surface area contributed by atoms with Crippen LogP contribution in [-0.4, -0.2) is 17.8 Å². The Bertz CT molecular complexity index is 408. The highest BCUT2D eigenvalue weighted by Gasteiger charge is 2.27. The highest BCUT2D eigenvalue weighted by atomic mass is 79.9. The van der Waals surface area contributed by atoms with Gasteiger partial charge in [-0.05, 0) is 18.1 Å². The first-order valence-electron chi connectivity index (χ1n) is 5.41. The molecule has 0 saturated carbocycles. The molecule has 1 aromatic carbocycles. The van der Waals surface area contributed by atoms with E-state index in [1.165, 1.54) is 0 Å². The fourth-order valence-electron chi connectivity index (χ4n) is 1.88. The molecule has 0 unspecified atom stereocenters. The lowest BCUT2D eigenvalue weighted by Gasteiger charge is -2.19. The summed E-state index contributed by atoms with van der Waals surface area (Å²) in [5.74, 6) is -0.692. The highest BCUT2D eigenvalue weighted by Crippen LogP contribution is 2.31. The van der Waals surface area contributed by atoms with Crippen molar-refractivity contribution in [1.29, 1.82) is 0 Å². The van der Waals surface area contributed by atoms with Crippen molar-refractivity contribution >= 4 is 22.2 Å². The summed E-state index contributed by atoms with van der Waals surface area (Å²) in [6.07, 6.45) is 1.41. The summed E-state index contributed by atoms with van der Waals surface area (Å²) >= 11 is 3.37. The molecule has 4 nitrogen and oxygen atoms in total. The Kier molecular flexibility index (Phi) is 5.28. The van der Waals surface area contributed by atoms with Crippen LogP contribution in [0.3, 0.4) is 0 Å². The van der Waals surface area contributed by atoms with Gasteiger partial charge < -0.3 is 4.79 Å². The van der Waals surface area contributed by atoms with E-state index in [-0.39, 0.29) is 23.3 Å². The zero-order valence-electron chi connectivity index (χ0n) is 9.51. The molecule has 0 spiro atoms.